The van der Waals surface area contributed by atoms with E-state index in [9.17, 15) is 20.0 Å². The zero-order valence-electron chi connectivity index (χ0n) is 17.6. The highest BCUT2D eigenvalue weighted by Gasteiger charge is 2.44. The Bertz CT molecular complexity index is 763. The number of hydrogen-bond acceptors (Lipinski definition) is 5. The van der Waals surface area contributed by atoms with Crippen molar-refractivity contribution < 1.29 is 19.4 Å². The summed E-state index contributed by atoms with van der Waals surface area (Å²) < 4.78 is 4.80. The Hall–Kier alpha value is -2.59. The highest BCUT2D eigenvalue weighted by Crippen LogP contribution is 2.41. The highest BCUT2D eigenvalue weighted by molar-refractivity contribution is 5.80. The van der Waals surface area contributed by atoms with E-state index in [0.29, 0.717) is 37.3 Å². The SMILES string of the molecule is COC(=O)N1C[C@@H]2CCC(CN(CC#N)CCc3ccccc3)CC2CC1C(=O)O. The van der Waals surface area contributed by atoms with E-state index in [1.54, 1.807) is 0 Å². The van der Waals surface area contributed by atoms with Crippen LogP contribution in [0.15, 0.2) is 30.3 Å². The van der Waals surface area contributed by atoms with Crippen LogP contribution in [0.1, 0.15) is 31.2 Å². The number of benzene rings is 1. The number of fused-ring (bicyclic) bond motifs is 1. The van der Waals surface area contributed by atoms with Crippen molar-refractivity contribution in [1.29, 1.82) is 5.26 Å². The Balaban J connectivity index is 1.58. The van der Waals surface area contributed by atoms with Crippen LogP contribution < -0.4 is 0 Å². The number of carbonyl (C=O) groups excluding carboxylic acids is 1. The summed E-state index contributed by atoms with van der Waals surface area (Å²) in [7, 11) is 1.30. The molecule has 3 unspecified atom stereocenters. The molecule has 162 valence electrons. The first kappa shape index (κ1) is 22.1. The first-order chi connectivity index (χ1) is 14.5. The molecule has 1 N–H and O–H groups in total. The topological polar surface area (TPSA) is 93.9 Å². The lowest BCUT2D eigenvalue weighted by Gasteiger charge is -2.46. The van der Waals surface area contributed by atoms with Crippen molar-refractivity contribution in [3.8, 4) is 6.07 Å². The average molecular weight is 414 g/mol. The second-order valence-electron chi connectivity index (χ2n) is 8.54. The number of carboxylic acids is 1. The molecular formula is C23H31N3O4. The highest BCUT2D eigenvalue weighted by atomic mass is 16.5. The molecule has 1 aliphatic heterocycles. The minimum Gasteiger partial charge on any atom is -0.480 e. The summed E-state index contributed by atoms with van der Waals surface area (Å²) in [4.78, 5) is 27.4. The molecule has 1 aromatic carbocycles. The normalized spacial score (nSPS) is 26.0. The number of aliphatic carboxylic acids is 1. The number of nitrogens with zero attached hydrogens (tertiary/aromatic N) is 3. The van der Waals surface area contributed by atoms with E-state index in [1.165, 1.54) is 17.6 Å². The van der Waals surface area contributed by atoms with Gasteiger partial charge in [-0.15, -0.1) is 0 Å². The van der Waals surface area contributed by atoms with E-state index >= 15 is 0 Å². The number of piperidine rings is 1. The van der Waals surface area contributed by atoms with Crippen molar-refractivity contribution >= 4 is 12.1 Å². The molecule has 1 saturated carbocycles. The van der Waals surface area contributed by atoms with Crippen LogP contribution in [0, 0.1) is 29.1 Å². The third kappa shape index (κ3) is 5.51. The van der Waals surface area contributed by atoms with Crippen LogP contribution in [-0.4, -0.2) is 66.3 Å². The van der Waals surface area contributed by atoms with Crippen molar-refractivity contribution in [1.82, 2.24) is 9.80 Å². The third-order valence-electron chi connectivity index (χ3n) is 6.65. The molecule has 0 spiro atoms. The summed E-state index contributed by atoms with van der Waals surface area (Å²) >= 11 is 0. The smallest absolute Gasteiger partial charge is 0.410 e. The molecule has 1 aromatic rings. The lowest BCUT2D eigenvalue weighted by molar-refractivity contribution is -0.146. The zero-order valence-corrected chi connectivity index (χ0v) is 17.6. The molecule has 7 nitrogen and oxygen atoms in total. The summed E-state index contributed by atoms with van der Waals surface area (Å²) in [5.41, 5.74) is 1.27. The summed E-state index contributed by atoms with van der Waals surface area (Å²) in [5.74, 6) is 0.109. The van der Waals surface area contributed by atoms with Gasteiger partial charge >= 0.3 is 12.1 Å². The maximum absolute atomic E-state index is 12.0. The monoisotopic (exact) mass is 413 g/mol. The van der Waals surface area contributed by atoms with Crippen LogP contribution in [0.3, 0.4) is 0 Å². The van der Waals surface area contributed by atoms with Gasteiger partial charge in [0.2, 0.25) is 0 Å². The van der Waals surface area contributed by atoms with Crippen molar-refractivity contribution in [2.24, 2.45) is 17.8 Å². The fraction of sp³-hybridized carbons (Fsp3) is 0.609. The summed E-state index contributed by atoms with van der Waals surface area (Å²) in [5, 5.41) is 18.9. The van der Waals surface area contributed by atoms with Gasteiger partial charge in [-0.3, -0.25) is 9.80 Å². The predicted molar refractivity (Wildman–Crippen MR) is 112 cm³/mol. The van der Waals surface area contributed by atoms with Gasteiger partial charge in [-0.2, -0.15) is 5.26 Å². The van der Waals surface area contributed by atoms with Crippen molar-refractivity contribution in [3.63, 3.8) is 0 Å². The number of rotatable bonds is 7. The predicted octanol–water partition coefficient (Wildman–Crippen LogP) is 3.01. The summed E-state index contributed by atoms with van der Waals surface area (Å²) in [6.07, 6.45) is 3.82. The van der Waals surface area contributed by atoms with Gasteiger partial charge in [0.15, 0.2) is 0 Å². The van der Waals surface area contributed by atoms with Gasteiger partial charge in [-0.1, -0.05) is 30.3 Å². The molecule has 1 amide bonds. The molecule has 2 aliphatic rings. The van der Waals surface area contributed by atoms with Crippen molar-refractivity contribution in [3.05, 3.63) is 35.9 Å². The van der Waals surface area contributed by atoms with Gasteiger partial charge in [0.05, 0.1) is 19.7 Å². The second kappa shape index (κ2) is 10.4. The Morgan fingerprint density at radius 2 is 2.00 bits per heavy atom. The Morgan fingerprint density at radius 1 is 1.23 bits per heavy atom. The number of amides is 1. The Labute approximate surface area is 178 Å². The lowest BCUT2D eigenvalue weighted by atomic mass is 9.69. The van der Waals surface area contributed by atoms with Gasteiger partial charge in [-0.25, -0.2) is 9.59 Å². The van der Waals surface area contributed by atoms with Crippen molar-refractivity contribution in [2.45, 2.75) is 38.1 Å². The van der Waals surface area contributed by atoms with Crippen molar-refractivity contribution in [2.75, 3.05) is 33.3 Å². The van der Waals surface area contributed by atoms with Crippen LogP contribution in [0.5, 0.6) is 0 Å². The molecule has 1 saturated heterocycles. The minimum atomic E-state index is -0.963. The van der Waals surface area contributed by atoms with Gasteiger partial charge in [-0.05, 0) is 55.4 Å². The van der Waals surface area contributed by atoms with Gasteiger partial charge < -0.3 is 9.84 Å². The molecule has 30 heavy (non-hydrogen) atoms. The first-order valence-corrected chi connectivity index (χ1v) is 10.7. The van der Waals surface area contributed by atoms with Crippen LogP contribution in [0.2, 0.25) is 0 Å². The maximum atomic E-state index is 12.0. The number of likely N-dealkylation sites (tertiary alicyclic amines) is 1. The first-order valence-electron chi connectivity index (χ1n) is 10.7. The second-order valence-corrected chi connectivity index (χ2v) is 8.54. The van der Waals surface area contributed by atoms with E-state index in [1.807, 2.05) is 18.2 Å². The molecular weight excluding hydrogens is 382 g/mol. The number of carbonyl (C=O) groups is 2. The minimum absolute atomic E-state index is 0.295. The van der Waals surface area contributed by atoms with E-state index in [2.05, 4.69) is 23.1 Å². The third-order valence-corrected chi connectivity index (χ3v) is 6.65. The van der Waals surface area contributed by atoms with Crippen LogP contribution >= 0.6 is 0 Å². The summed E-state index contributed by atoms with van der Waals surface area (Å²) in [6, 6.07) is 11.8. The lowest BCUT2D eigenvalue weighted by Crippen LogP contribution is -2.54. The van der Waals surface area contributed by atoms with Gasteiger partial charge in [0.25, 0.3) is 0 Å². The molecule has 2 fully saturated rings. The molecule has 0 bridgehead atoms. The van der Waals surface area contributed by atoms with Gasteiger partial charge in [0.1, 0.15) is 6.04 Å². The maximum Gasteiger partial charge on any atom is 0.410 e. The van der Waals surface area contributed by atoms with Gasteiger partial charge in [0, 0.05) is 19.6 Å². The number of ether oxygens (including phenoxy) is 1. The van der Waals surface area contributed by atoms with Crippen LogP contribution in [0.4, 0.5) is 4.79 Å². The zero-order chi connectivity index (χ0) is 21.5. The molecule has 0 aromatic heterocycles. The average Bonchev–Trinajstić information content (AvgIpc) is 2.76. The largest absolute Gasteiger partial charge is 0.480 e. The number of carboxylic acid groups (broad SMARTS) is 1. The quantitative estimate of drug-likeness (QED) is 0.691. The van der Waals surface area contributed by atoms with E-state index in [-0.39, 0.29) is 0 Å². The number of methoxy groups -OCH3 is 1. The number of nitriles is 1. The molecule has 3 rings (SSSR count). The summed E-state index contributed by atoms with van der Waals surface area (Å²) in [6.45, 7) is 2.57. The Kier molecular flexibility index (Phi) is 7.69. The Morgan fingerprint density at radius 3 is 2.67 bits per heavy atom. The fourth-order valence-electron chi connectivity index (χ4n) is 5.10. The number of hydrogen-bond donors (Lipinski definition) is 1. The van der Waals surface area contributed by atoms with E-state index in [0.717, 1.165) is 38.8 Å². The molecule has 1 heterocycles. The molecule has 7 heteroatoms. The van der Waals surface area contributed by atoms with Crippen LogP contribution in [0.25, 0.3) is 0 Å². The van der Waals surface area contributed by atoms with E-state index in [4.69, 9.17) is 4.74 Å². The fourth-order valence-corrected chi connectivity index (χ4v) is 5.10. The molecule has 0 radical (unpaired) electrons. The molecule has 4 atom stereocenters. The van der Waals surface area contributed by atoms with E-state index < -0.39 is 18.1 Å². The molecule has 1 aliphatic carbocycles. The van der Waals surface area contributed by atoms with Crippen LogP contribution in [-0.2, 0) is 16.0 Å². The standard InChI is InChI=1S/C23H31N3O4/c1-30-23(29)26-16-19-8-7-18(13-20(19)14-21(26)22(27)28)15-25(12-10-24)11-9-17-5-3-2-4-6-17/h2-6,18-21H,7-9,11-16H2,1H3,(H,27,28)/t18?,19-,20?,21?/m0/s1.